The molecule has 0 fully saturated rings. The Hall–Kier alpha value is -1.18. The van der Waals surface area contributed by atoms with Gasteiger partial charge in [0, 0.05) is 25.1 Å². The third-order valence-electron chi connectivity index (χ3n) is 2.82. The molecule has 1 atom stereocenters. The van der Waals surface area contributed by atoms with Crippen molar-refractivity contribution in [3.05, 3.63) is 29.6 Å². The Morgan fingerprint density at radius 1 is 1.53 bits per heavy atom. The van der Waals surface area contributed by atoms with Crippen LogP contribution < -0.4 is 9.88 Å². The summed E-state index contributed by atoms with van der Waals surface area (Å²) in [4.78, 5) is 0. The fourth-order valence-corrected chi connectivity index (χ4v) is 2.47. The van der Waals surface area contributed by atoms with Crippen molar-refractivity contribution in [1.82, 2.24) is 4.31 Å². The largest absolute Gasteiger partial charge is 0.493 e. The molecule has 1 aliphatic rings. The molecule has 1 aliphatic heterocycles. The number of nitrogens with zero attached hydrogens (tertiary/aromatic N) is 1. The first-order chi connectivity index (χ1) is 7.89. The third-order valence-corrected chi connectivity index (χ3v) is 3.88. The van der Waals surface area contributed by atoms with Crippen molar-refractivity contribution in [3.63, 3.8) is 0 Å². The summed E-state index contributed by atoms with van der Waals surface area (Å²) in [5, 5.41) is 5.08. The van der Waals surface area contributed by atoms with Gasteiger partial charge < -0.3 is 4.74 Å². The van der Waals surface area contributed by atoms with Gasteiger partial charge in [0.2, 0.25) is 0 Å². The van der Waals surface area contributed by atoms with Gasteiger partial charge in [0.1, 0.15) is 11.6 Å². The zero-order chi connectivity index (χ0) is 12.6. The molecule has 1 aromatic carbocycles. The number of fused-ring (bicyclic) bond motifs is 1. The first-order valence-electron chi connectivity index (χ1n) is 5.07. The molecule has 2 N–H and O–H groups in total. The quantitative estimate of drug-likeness (QED) is 0.854. The lowest BCUT2D eigenvalue weighted by Gasteiger charge is -2.31. The highest BCUT2D eigenvalue weighted by Gasteiger charge is 2.30. The maximum atomic E-state index is 13.0. The van der Waals surface area contributed by atoms with E-state index in [1.54, 1.807) is 0 Å². The van der Waals surface area contributed by atoms with Gasteiger partial charge in [-0.25, -0.2) is 9.53 Å². The number of ether oxygens (including phenoxy) is 1. The van der Waals surface area contributed by atoms with E-state index < -0.39 is 22.1 Å². The van der Waals surface area contributed by atoms with E-state index in [0.29, 0.717) is 24.3 Å². The second-order valence-corrected chi connectivity index (χ2v) is 5.50. The topological polar surface area (TPSA) is 72.6 Å². The predicted molar refractivity (Wildman–Crippen MR) is 60.1 cm³/mol. The van der Waals surface area contributed by atoms with Crippen LogP contribution in [-0.2, 0) is 10.2 Å². The Labute approximate surface area is 99.2 Å². The number of hydrogen-bond acceptors (Lipinski definition) is 3. The molecular weight excluding hydrogens is 247 g/mol. The molecule has 7 heteroatoms. The summed E-state index contributed by atoms with van der Waals surface area (Å²) in [6.45, 7) is 0.334. The van der Waals surface area contributed by atoms with Crippen molar-refractivity contribution < 1.29 is 17.5 Å². The van der Waals surface area contributed by atoms with Crippen LogP contribution in [0.4, 0.5) is 4.39 Å². The Kier molecular flexibility index (Phi) is 3.07. The zero-order valence-corrected chi connectivity index (χ0v) is 10.1. The molecule has 17 heavy (non-hydrogen) atoms. The van der Waals surface area contributed by atoms with Crippen molar-refractivity contribution in [3.8, 4) is 5.75 Å². The van der Waals surface area contributed by atoms with Gasteiger partial charge in [-0.05, 0) is 6.07 Å². The van der Waals surface area contributed by atoms with Crippen molar-refractivity contribution in [2.45, 2.75) is 12.5 Å². The van der Waals surface area contributed by atoms with E-state index in [4.69, 9.17) is 9.88 Å². The Morgan fingerprint density at radius 2 is 2.24 bits per heavy atom. The van der Waals surface area contributed by atoms with Crippen LogP contribution in [0.25, 0.3) is 0 Å². The summed E-state index contributed by atoms with van der Waals surface area (Å²) in [6, 6.07) is 3.64. The molecule has 5 nitrogen and oxygen atoms in total. The van der Waals surface area contributed by atoms with Crippen LogP contribution in [0.3, 0.4) is 0 Å². The van der Waals surface area contributed by atoms with Crippen molar-refractivity contribution in [2.24, 2.45) is 5.14 Å². The van der Waals surface area contributed by atoms with Gasteiger partial charge in [0.15, 0.2) is 0 Å². The van der Waals surface area contributed by atoms with Gasteiger partial charge in [0.05, 0.1) is 12.6 Å². The zero-order valence-electron chi connectivity index (χ0n) is 9.26. The molecule has 0 saturated carbocycles. The van der Waals surface area contributed by atoms with Crippen molar-refractivity contribution in [2.75, 3.05) is 13.7 Å². The average molecular weight is 260 g/mol. The molecule has 1 aromatic rings. The molecule has 0 aromatic heterocycles. The highest BCUT2D eigenvalue weighted by Crippen LogP contribution is 2.36. The second-order valence-electron chi connectivity index (χ2n) is 3.90. The molecule has 2 rings (SSSR count). The van der Waals surface area contributed by atoms with E-state index >= 15 is 0 Å². The Morgan fingerprint density at radius 3 is 2.88 bits per heavy atom. The summed E-state index contributed by atoms with van der Waals surface area (Å²) in [7, 11) is -2.37. The molecule has 0 bridgehead atoms. The normalized spacial score (nSPS) is 19.9. The summed E-state index contributed by atoms with van der Waals surface area (Å²) < 4.78 is 42.0. The number of halogens is 1. The molecule has 0 aliphatic carbocycles. The van der Waals surface area contributed by atoms with Crippen LogP contribution in [0.2, 0.25) is 0 Å². The van der Waals surface area contributed by atoms with Gasteiger partial charge in [0.25, 0.3) is 10.2 Å². The molecule has 0 amide bonds. The minimum absolute atomic E-state index is 0.334. The van der Waals surface area contributed by atoms with E-state index in [2.05, 4.69) is 0 Å². The lowest BCUT2D eigenvalue weighted by molar-refractivity contribution is 0.220. The van der Waals surface area contributed by atoms with Crippen molar-refractivity contribution >= 4 is 10.2 Å². The second kappa shape index (κ2) is 4.25. The molecule has 1 heterocycles. The molecule has 0 radical (unpaired) electrons. The first kappa shape index (κ1) is 12.3. The molecular formula is C10H13FN2O3S. The van der Waals surface area contributed by atoms with Crippen LogP contribution in [-0.4, -0.2) is 26.4 Å². The summed E-state index contributed by atoms with van der Waals surface area (Å²) in [5.41, 5.74) is 0.633. The van der Waals surface area contributed by atoms with E-state index in [-0.39, 0.29) is 0 Å². The average Bonchev–Trinajstić information content (AvgIpc) is 2.25. The van der Waals surface area contributed by atoms with Crippen LogP contribution in [0.5, 0.6) is 5.75 Å². The van der Waals surface area contributed by atoms with Gasteiger partial charge >= 0.3 is 0 Å². The first-order valence-corrected chi connectivity index (χ1v) is 6.58. The van der Waals surface area contributed by atoms with Gasteiger partial charge in [-0.2, -0.15) is 12.7 Å². The van der Waals surface area contributed by atoms with Crippen LogP contribution >= 0.6 is 0 Å². The summed E-state index contributed by atoms with van der Waals surface area (Å²) >= 11 is 0. The number of hydrogen-bond donors (Lipinski definition) is 1. The molecule has 0 unspecified atom stereocenters. The fourth-order valence-electron chi connectivity index (χ4n) is 1.90. The maximum Gasteiger partial charge on any atom is 0.277 e. The summed E-state index contributed by atoms with van der Waals surface area (Å²) in [6.07, 6.45) is 0.492. The highest BCUT2D eigenvalue weighted by molar-refractivity contribution is 7.86. The van der Waals surface area contributed by atoms with E-state index in [0.717, 1.165) is 4.31 Å². The van der Waals surface area contributed by atoms with Crippen LogP contribution in [0.1, 0.15) is 18.0 Å². The smallest absolute Gasteiger partial charge is 0.277 e. The Bertz CT molecular complexity index is 532. The van der Waals surface area contributed by atoms with E-state index in [9.17, 15) is 12.8 Å². The molecule has 0 saturated heterocycles. The monoisotopic (exact) mass is 260 g/mol. The van der Waals surface area contributed by atoms with Gasteiger partial charge in [-0.3, -0.25) is 0 Å². The van der Waals surface area contributed by atoms with Gasteiger partial charge in [-0.15, -0.1) is 0 Å². The van der Waals surface area contributed by atoms with Crippen LogP contribution in [0, 0.1) is 5.82 Å². The van der Waals surface area contributed by atoms with Gasteiger partial charge in [-0.1, -0.05) is 6.07 Å². The maximum absolute atomic E-state index is 13.0. The Balaban J connectivity index is 2.42. The number of nitrogens with two attached hydrogens (primary N) is 1. The van der Waals surface area contributed by atoms with E-state index in [1.807, 2.05) is 0 Å². The summed E-state index contributed by atoms with van der Waals surface area (Å²) in [5.74, 6) is -0.0422. The predicted octanol–water partition coefficient (Wildman–Crippen LogP) is 0.785. The molecule has 0 spiro atoms. The number of benzene rings is 1. The standard InChI is InChI=1S/C10H13FN2O3S/c1-13(17(12,14)15)9-4-5-16-10-6-7(11)2-3-8(9)10/h2-3,6,9H,4-5H2,1H3,(H2,12,14,15)/t9-/m1/s1. The third kappa shape index (κ3) is 2.41. The minimum atomic E-state index is -3.77. The molecule has 94 valence electrons. The van der Waals surface area contributed by atoms with E-state index in [1.165, 1.54) is 25.2 Å². The van der Waals surface area contributed by atoms with Crippen molar-refractivity contribution in [1.29, 1.82) is 0 Å². The SMILES string of the molecule is CN([C@@H]1CCOc2cc(F)ccc21)S(N)(=O)=O. The number of rotatable bonds is 2. The lowest BCUT2D eigenvalue weighted by atomic mass is 10.0. The minimum Gasteiger partial charge on any atom is -0.493 e. The highest BCUT2D eigenvalue weighted by atomic mass is 32.2. The fraction of sp³-hybridized carbons (Fsp3) is 0.400. The lowest BCUT2D eigenvalue weighted by Crippen LogP contribution is -2.38. The van der Waals surface area contributed by atoms with Crippen LogP contribution in [0.15, 0.2) is 18.2 Å².